The number of hydrogen-bond acceptors (Lipinski definition) is 4. The molecule has 2 amide bonds. The van der Waals surface area contributed by atoms with Gasteiger partial charge in [0, 0.05) is 31.9 Å². The molecule has 2 aromatic rings. The summed E-state index contributed by atoms with van der Waals surface area (Å²) in [6.45, 7) is 5.35. The van der Waals surface area contributed by atoms with Gasteiger partial charge in [0.2, 0.25) is 5.91 Å². The second kappa shape index (κ2) is 9.26. The molecule has 150 valence electrons. The molecule has 28 heavy (non-hydrogen) atoms. The van der Waals surface area contributed by atoms with Crippen LogP contribution in [0, 0.1) is 0 Å². The fraction of sp³-hybridized carbons (Fsp3) is 0.364. The first-order valence-corrected chi connectivity index (χ1v) is 9.26. The molecule has 0 heterocycles. The Kier molecular flexibility index (Phi) is 7.04. The van der Waals surface area contributed by atoms with Crippen LogP contribution in [0.4, 0.5) is 16.2 Å². The van der Waals surface area contributed by atoms with Crippen molar-refractivity contribution in [2.24, 2.45) is 0 Å². The van der Waals surface area contributed by atoms with E-state index in [9.17, 15) is 9.59 Å². The predicted octanol–water partition coefficient (Wildman–Crippen LogP) is 3.83. The number of nitrogens with zero attached hydrogens (tertiary/aromatic N) is 1. The number of anilines is 2. The summed E-state index contributed by atoms with van der Waals surface area (Å²) in [5, 5.41) is 5.56. The fourth-order valence-corrected chi connectivity index (χ4v) is 2.58. The van der Waals surface area contributed by atoms with E-state index in [4.69, 9.17) is 4.74 Å². The lowest BCUT2D eigenvalue weighted by molar-refractivity contribution is -0.118. The van der Waals surface area contributed by atoms with Crippen LogP contribution in [0.2, 0.25) is 0 Å². The van der Waals surface area contributed by atoms with Crippen LogP contribution in [-0.2, 0) is 16.0 Å². The highest BCUT2D eigenvalue weighted by atomic mass is 16.6. The molecule has 6 heteroatoms. The number of amides is 2. The summed E-state index contributed by atoms with van der Waals surface area (Å²) < 4.78 is 5.31. The van der Waals surface area contributed by atoms with Crippen molar-refractivity contribution in [2.45, 2.75) is 38.8 Å². The van der Waals surface area contributed by atoms with Gasteiger partial charge in [-0.2, -0.15) is 0 Å². The van der Waals surface area contributed by atoms with Crippen LogP contribution in [0.3, 0.4) is 0 Å². The van der Waals surface area contributed by atoms with Crippen LogP contribution in [0.1, 0.15) is 26.3 Å². The van der Waals surface area contributed by atoms with E-state index in [0.29, 0.717) is 12.1 Å². The summed E-state index contributed by atoms with van der Waals surface area (Å²) in [5.41, 5.74) is 2.01. The van der Waals surface area contributed by atoms with Crippen molar-refractivity contribution < 1.29 is 14.3 Å². The molecule has 0 aliphatic heterocycles. The molecule has 0 spiro atoms. The first-order valence-electron chi connectivity index (χ1n) is 9.26. The van der Waals surface area contributed by atoms with Crippen LogP contribution in [0.5, 0.6) is 0 Å². The highest BCUT2D eigenvalue weighted by Gasteiger charge is 2.24. The highest BCUT2D eigenvalue weighted by Crippen LogP contribution is 2.16. The largest absolute Gasteiger partial charge is 0.444 e. The monoisotopic (exact) mass is 383 g/mol. The van der Waals surface area contributed by atoms with Gasteiger partial charge in [0.05, 0.1) is 0 Å². The van der Waals surface area contributed by atoms with Crippen molar-refractivity contribution in [1.29, 1.82) is 0 Å². The lowest BCUT2D eigenvalue weighted by atomic mass is 10.1. The van der Waals surface area contributed by atoms with E-state index in [1.165, 1.54) is 0 Å². The maximum absolute atomic E-state index is 12.8. The van der Waals surface area contributed by atoms with Crippen LogP contribution in [0.25, 0.3) is 0 Å². The third-order valence-electron chi connectivity index (χ3n) is 3.94. The first-order chi connectivity index (χ1) is 13.1. The van der Waals surface area contributed by atoms with Gasteiger partial charge < -0.3 is 20.3 Å². The van der Waals surface area contributed by atoms with Crippen molar-refractivity contribution in [1.82, 2.24) is 5.32 Å². The Hall–Kier alpha value is -3.02. The molecule has 0 fully saturated rings. The molecule has 1 unspecified atom stereocenters. The number of carbonyl (C=O) groups excluding carboxylic acids is 2. The zero-order chi connectivity index (χ0) is 20.7. The number of hydrogen-bond donors (Lipinski definition) is 2. The van der Waals surface area contributed by atoms with E-state index in [1.54, 1.807) is 20.8 Å². The molecule has 2 aromatic carbocycles. The molecular weight excluding hydrogens is 354 g/mol. The van der Waals surface area contributed by atoms with Crippen molar-refractivity contribution in [3.05, 3.63) is 60.2 Å². The molecule has 2 N–H and O–H groups in total. The van der Waals surface area contributed by atoms with E-state index in [-0.39, 0.29) is 5.91 Å². The second-order valence-electron chi connectivity index (χ2n) is 7.82. The molecule has 0 aliphatic rings. The predicted molar refractivity (Wildman–Crippen MR) is 113 cm³/mol. The molecule has 0 saturated carbocycles. The number of carbonyl (C=O) groups is 2. The van der Waals surface area contributed by atoms with E-state index < -0.39 is 17.7 Å². The van der Waals surface area contributed by atoms with Crippen molar-refractivity contribution in [2.75, 3.05) is 24.3 Å². The number of alkyl carbamates (subject to hydrolysis) is 1. The van der Waals surface area contributed by atoms with Crippen LogP contribution in [-0.4, -0.2) is 37.7 Å². The molecule has 0 aromatic heterocycles. The Morgan fingerprint density at radius 2 is 1.61 bits per heavy atom. The topological polar surface area (TPSA) is 70.7 Å². The van der Waals surface area contributed by atoms with Gasteiger partial charge in [0.15, 0.2) is 0 Å². The standard InChI is InChI=1S/C22H29N3O3/c1-22(2,3)28-21(27)24-19(15-16-9-7-6-8-10-16)20(26)23-17-11-13-18(14-12-17)25(4)5/h6-14,19H,15H2,1-5H3,(H,23,26)(H,24,27). The highest BCUT2D eigenvalue weighted by molar-refractivity contribution is 5.96. The van der Waals surface area contributed by atoms with Gasteiger partial charge in [-0.3, -0.25) is 4.79 Å². The van der Waals surface area contributed by atoms with Crippen molar-refractivity contribution in [3.63, 3.8) is 0 Å². The minimum atomic E-state index is -0.759. The third kappa shape index (κ3) is 6.95. The molecule has 2 rings (SSSR count). The Morgan fingerprint density at radius 3 is 2.14 bits per heavy atom. The number of rotatable bonds is 6. The summed E-state index contributed by atoms with van der Waals surface area (Å²) in [6, 6.07) is 16.3. The Morgan fingerprint density at radius 1 is 1.00 bits per heavy atom. The quantitative estimate of drug-likeness (QED) is 0.795. The molecule has 0 bridgehead atoms. The lowest BCUT2D eigenvalue weighted by Crippen LogP contribution is -2.47. The van der Waals surface area contributed by atoms with Gasteiger partial charge >= 0.3 is 6.09 Å². The first kappa shape index (κ1) is 21.3. The molecule has 0 aliphatic carbocycles. The number of ether oxygens (including phenoxy) is 1. The summed E-state index contributed by atoms with van der Waals surface area (Å²) in [4.78, 5) is 27.0. The van der Waals surface area contributed by atoms with Crippen molar-refractivity contribution in [3.8, 4) is 0 Å². The Balaban J connectivity index is 2.12. The van der Waals surface area contributed by atoms with Gasteiger partial charge in [0.1, 0.15) is 11.6 Å². The molecular formula is C22H29N3O3. The Bertz CT molecular complexity index is 781. The lowest BCUT2D eigenvalue weighted by Gasteiger charge is -2.23. The number of benzene rings is 2. The summed E-state index contributed by atoms with van der Waals surface area (Å²) in [7, 11) is 3.91. The van der Waals surface area contributed by atoms with E-state index in [1.807, 2.05) is 73.6 Å². The zero-order valence-corrected chi connectivity index (χ0v) is 17.2. The smallest absolute Gasteiger partial charge is 0.408 e. The van der Waals surface area contributed by atoms with Gasteiger partial charge in [-0.05, 0) is 50.6 Å². The van der Waals surface area contributed by atoms with E-state index in [2.05, 4.69) is 10.6 Å². The average molecular weight is 383 g/mol. The van der Waals surface area contributed by atoms with Gasteiger partial charge in [0.25, 0.3) is 0 Å². The summed E-state index contributed by atoms with van der Waals surface area (Å²) in [5.74, 6) is -0.299. The number of nitrogens with one attached hydrogen (secondary N) is 2. The van der Waals surface area contributed by atoms with E-state index in [0.717, 1.165) is 11.3 Å². The third-order valence-corrected chi connectivity index (χ3v) is 3.94. The zero-order valence-electron chi connectivity index (χ0n) is 17.2. The van der Waals surface area contributed by atoms with E-state index >= 15 is 0 Å². The molecule has 1 atom stereocenters. The molecule has 0 saturated heterocycles. The summed E-state index contributed by atoms with van der Waals surface area (Å²) in [6.07, 6.45) is -0.256. The fourth-order valence-electron chi connectivity index (χ4n) is 2.58. The SMILES string of the molecule is CN(C)c1ccc(NC(=O)C(Cc2ccccc2)NC(=O)OC(C)(C)C)cc1. The van der Waals surface area contributed by atoms with Crippen LogP contribution in [0.15, 0.2) is 54.6 Å². The molecule has 0 radical (unpaired) electrons. The van der Waals surface area contributed by atoms with Gasteiger partial charge in [-0.15, -0.1) is 0 Å². The molecule has 6 nitrogen and oxygen atoms in total. The Labute approximate surface area is 166 Å². The maximum atomic E-state index is 12.8. The summed E-state index contributed by atoms with van der Waals surface area (Å²) >= 11 is 0. The normalized spacial score (nSPS) is 12.0. The van der Waals surface area contributed by atoms with Crippen LogP contribution >= 0.6 is 0 Å². The minimum absolute atomic E-state index is 0.299. The average Bonchev–Trinajstić information content (AvgIpc) is 2.61. The second-order valence-corrected chi connectivity index (χ2v) is 7.82. The van der Waals surface area contributed by atoms with Gasteiger partial charge in [-0.1, -0.05) is 30.3 Å². The van der Waals surface area contributed by atoms with Crippen molar-refractivity contribution >= 4 is 23.4 Å². The van der Waals surface area contributed by atoms with Gasteiger partial charge in [-0.25, -0.2) is 4.79 Å². The maximum Gasteiger partial charge on any atom is 0.408 e. The van der Waals surface area contributed by atoms with Crippen LogP contribution < -0.4 is 15.5 Å². The minimum Gasteiger partial charge on any atom is -0.444 e.